The third-order valence-corrected chi connectivity index (χ3v) is 5.51. The largest absolute Gasteiger partial charge is 0.0625 e. The Hall–Kier alpha value is 0. The first-order chi connectivity index (χ1) is 7.61. The Morgan fingerprint density at radius 1 is 0.625 bits per heavy atom. The van der Waals surface area contributed by atoms with E-state index >= 15 is 0 Å². The molecule has 2 fully saturated rings. The standard InChI is InChI=1S/C16H30/c1-11(2)13-7-5-10-16-14(12(3)4)8-6-9-15(13)16/h11-16H,5-10H2,1-4H3. The van der Waals surface area contributed by atoms with Crippen LogP contribution in [0.3, 0.4) is 0 Å². The normalized spacial score (nSPS) is 40.1. The van der Waals surface area contributed by atoms with Gasteiger partial charge in [-0.1, -0.05) is 40.5 Å². The van der Waals surface area contributed by atoms with Gasteiger partial charge in [-0.2, -0.15) is 0 Å². The lowest BCUT2D eigenvalue weighted by Crippen LogP contribution is -2.40. The molecule has 0 amide bonds. The van der Waals surface area contributed by atoms with Gasteiger partial charge in [-0.3, -0.25) is 0 Å². The van der Waals surface area contributed by atoms with E-state index < -0.39 is 0 Å². The molecule has 2 aliphatic rings. The fourth-order valence-corrected chi connectivity index (χ4v) is 4.75. The first kappa shape index (κ1) is 12.5. The lowest BCUT2D eigenvalue weighted by molar-refractivity contribution is 0.0153. The maximum absolute atomic E-state index is 2.45. The van der Waals surface area contributed by atoms with Gasteiger partial charge in [0.25, 0.3) is 0 Å². The number of hydrogen-bond donors (Lipinski definition) is 0. The quantitative estimate of drug-likeness (QED) is 0.607. The molecule has 0 aliphatic heterocycles. The van der Waals surface area contributed by atoms with Crippen molar-refractivity contribution < 1.29 is 0 Å². The van der Waals surface area contributed by atoms with Crippen LogP contribution in [0.25, 0.3) is 0 Å². The molecule has 0 aromatic rings. The van der Waals surface area contributed by atoms with Gasteiger partial charge in [0, 0.05) is 0 Å². The molecule has 0 aromatic carbocycles. The molecule has 0 radical (unpaired) electrons. The summed E-state index contributed by atoms with van der Waals surface area (Å²) in [6.45, 7) is 9.80. The van der Waals surface area contributed by atoms with E-state index in [0.717, 1.165) is 35.5 Å². The molecule has 0 saturated heterocycles. The van der Waals surface area contributed by atoms with Gasteiger partial charge in [0.2, 0.25) is 0 Å². The molecule has 0 bridgehead atoms. The Morgan fingerprint density at radius 2 is 1.00 bits per heavy atom. The summed E-state index contributed by atoms with van der Waals surface area (Å²) in [6.07, 6.45) is 9.13. The van der Waals surface area contributed by atoms with Crippen molar-refractivity contribution in [3.8, 4) is 0 Å². The monoisotopic (exact) mass is 222 g/mol. The fraction of sp³-hybridized carbons (Fsp3) is 1.00. The minimum absolute atomic E-state index is 0.915. The molecule has 94 valence electrons. The van der Waals surface area contributed by atoms with E-state index in [0.29, 0.717) is 0 Å². The second-order valence-electron chi connectivity index (χ2n) is 7.01. The Kier molecular flexibility index (Phi) is 3.97. The van der Waals surface area contributed by atoms with E-state index in [1.54, 1.807) is 0 Å². The first-order valence-corrected chi connectivity index (χ1v) is 7.61. The van der Waals surface area contributed by atoms with E-state index in [1.165, 1.54) is 38.5 Å². The number of fused-ring (bicyclic) bond motifs is 1. The van der Waals surface area contributed by atoms with E-state index in [4.69, 9.17) is 0 Å². The second-order valence-corrected chi connectivity index (χ2v) is 7.01. The van der Waals surface area contributed by atoms with Crippen LogP contribution in [0.4, 0.5) is 0 Å². The third kappa shape index (κ3) is 2.31. The predicted molar refractivity (Wildman–Crippen MR) is 71.3 cm³/mol. The van der Waals surface area contributed by atoms with Gasteiger partial charge >= 0.3 is 0 Å². The molecule has 4 atom stereocenters. The van der Waals surface area contributed by atoms with Gasteiger partial charge in [-0.15, -0.1) is 0 Å². The smallest absolute Gasteiger partial charge is 0.0352 e. The Labute approximate surface area is 102 Å². The molecule has 2 aliphatic carbocycles. The highest BCUT2D eigenvalue weighted by Gasteiger charge is 2.41. The summed E-state index contributed by atoms with van der Waals surface area (Å²) in [7, 11) is 0. The van der Waals surface area contributed by atoms with Gasteiger partial charge in [0.1, 0.15) is 0 Å². The number of hydrogen-bond acceptors (Lipinski definition) is 0. The van der Waals surface area contributed by atoms with Gasteiger partial charge in [0.15, 0.2) is 0 Å². The summed E-state index contributed by atoms with van der Waals surface area (Å²) in [5.74, 6) is 6.07. The van der Waals surface area contributed by atoms with Crippen LogP contribution in [0.2, 0.25) is 0 Å². The molecule has 2 saturated carbocycles. The fourth-order valence-electron chi connectivity index (χ4n) is 4.75. The van der Waals surface area contributed by atoms with Crippen LogP contribution in [0.1, 0.15) is 66.2 Å². The third-order valence-electron chi connectivity index (χ3n) is 5.51. The zero-order valence-corrected chi connectivity index (χ0v) is 11.7. The lowest BCUT2D eigenvalue weighted by atomic mass is 9.57. The van der Waals surface area contributed by atoms with Crippen LogP contribution in [0.5, 0.6) is 0 Å². The Bertz CT molecular complexity index is 192. The average Bonchev–Trinajstić information content (AvgIpc) is 2.27. The van der Waals surface area contributed by atoms with Crippen molar-refractivity contribution in [3.63, 3.8) is 0 Å². The van der Waals surface area contributed by atoms with Crippen molar-refractivity contribution >= 4 is 0 Å². The molecule has 0 heterocycles. The van der Waals surface area contributed by atoms with Crippen LogP contribution in [0, 0.1) is 35.5 Å². The minimum Gasteiger partial charge on any atom is -0.0625 e. The maximum atomic E-state index is 2.45. The van der Waals surface area contributed by atoms with Crippen molar-refractivity contribution in [2.75, 3.05) is 0 Å². The zero-order chi connectivity index (χ0) is 11.7. The molecule has 0 N–H and O–H groups in total. The molecule has 0 heteroatoms. The summed E-state index contributed by atoms with van der Waals surface area (Å²) >= 11 is 0. The van der Waals surface area contributed by atoms with Crippen LogP contribution in [-0.2, 0) is 0 Å². The maximum Gasteiger partial charge on any atom is -0.0352 e. The summed E-state index contributed by atoms with van der Waals surface area (Å²) in [5, 5.41) is 0. The lowest BCUT2D eigenvalue weighted by Gasteiger charge is -2.48. The first-order valence-electron chi connectivity index (χ1n) is 7.61. The van der Waals surface area contributed by atoms with Gasteiger partial charge in [-0.05, 0) is 61.2 Å². The van der Waals surface area contributed by atoms with Crippen molar-refractivity contribution in [2.24, 2.45) is 35.5 Å². The summed E-state index contributed by atoms with van der Waals surface area (Å²) in [5.41, 5.74) is 0. The predicted octanol–water partition coefficient (Wildman–Crippen LogP) is 5.13. The van der Waals surface area contributed by atoms with Crippen LogP contribution in [-0.4, -0.2) is 0 Å². The molecule has 2 rings (SSSR count). The molecular weight excluding hydrogens is 192 g/mol. The van der Waals surface area contributed by atoms with Crippen LogP contribution in [0.15, 0.2) is 0 Å². The van der Waals surface area contributed by atoms with Crippen molar-refractivity contribution in [3.05, 3.63) is 0 Å². The van der Waals surface area contributed by atoms with Gasteiger partial charge < -0.3 is 0 Å². The van der Waals surface area contributed by atoms with E-state index in [1.807, 2.05) is 0 Å². The Balaban J connectivity index is 2.11. The van der Waals surface area contributed by atoms with Crippen molar-refractivity contribution in [1.29, 1.82) is 0 Å². The minimum atomic E-state index is 0.915. The van der Waals surface area contributed by atoms with Crippen LogP contribution < -0.4 is 0 Å². The SMILES string of the molecule is CC(C)C1CCCC2C(C(C)C)CCCC12. The molecule has 16 heavy (non-hydrogen) atoms. The molecular formula is C16H30. The summed E-state index contributed by atoms with van der Waals surface area (Å²) in [6, 6.07) is 0. The molecule has 0 nitrogen and oxygen atoms in total. The van der Waals surface area contributed by atoms with E-state index in [-0.39, 0.29) is 0 Å². The number of rotatable bonds is 2. The molecule has 0 spiro atoms. The second kappa shape index (κ2) is 5.10. The topological polar surface area (TPSA) is 0 Å². The zero-order valence-electron chi connectivity index (χ0n) is 11.7. The van der Waals surface area contributed by atoms with Gasteiger partial charge in [-0.25, -0.2) is 0 Å². The highest BCUT2D eigenvalue weighted by Crippen LogP contribution is 2.50. The van der Waals surface area contributed by atoms with E-state index in [2.05, 4.69) is 27.7 Å². The summed E-state index contributed by atoms with van der Waals surface area (Å²) < 4.78 is 0. The average molecular weight is 222 g/mol. The highest BCUT2D eigenvalue weighted by atomic mass is 14.5. The van der Waals surface area contributed by atoms with Gasteiger partial charge in [0.05, 0.1) is 0 Å². The van der Waals surface area contributed by atoms with Crippen molar-refractivity contribution in [1.82, 2.24) is 0 Å². The highest BCUT2D eigenvalue weighted by molar-refractivity contribution is 4.91. The van der Waals surface area contributed by atoms with Crippen LogP contribution >= 0.6 is 0 Å². The molecule has 0 aromatic heterocycles. The van der Waals surface area contributed by atoms with E-state index in [9.17, 15) is 0 Å². The van der Waals surface area contributed by atoms with Crippen molar-refractivity contribution in [2.45, 2.75) is 66.2 Å². The molecule has 4 unspecified atom stereocenters. The summed E-state index contributed by atoms with van der Waals surface area (Å²) in [4.78, 5) is 0. The Morgan fingerprint density at radius 3 is 1.31 bits per heavy atom.